The summed E-state index contributed by atoms with van der Waals surface area (Å²) in [7, 11) is 0. The Morgan fingerprint density at radius 3 is 2.55 bits per heavy atom. The SMILES string of the molecule is O=C/C=C/SC1CCCCC1. The van der Waals surface area contributed by atoms with E-state index in [4.69, 9.17) is 0 Å². The molecule has 1 fully saturated rings. The third-order valence-corrected chi connectivity index (χ3v) is 3.15. The summed E-state index contributed by atoms with van der Waals surface area (Å²) in [6.45, 7) is 0. The molecule has 0 heterocycles. The lowest BCUT2D eigenvalue weighted by Gasteiger charge is -2.18. The lowest BCUT2D eigenvalue weighted by atomic mass is 10.0. The summed E-state index contributed by atoms with van der Waals surface area (Å²) in [4.78, 5) is 9.95. The largest absolute Gasteiger partial charge is 0.299 e. The van der Waals surface area contributed by atoms with Gasteiger partial charge in [-0.3, -0.25) is 4.79 Å². The number of allylic oxidation sites excluding steroid dienone is 1. The second-order valence-corrected chi connectivity index (χ2v) is 4.07. The lowest BCUT2D eigenvalue weighted by molar-refractivity contribution is -0.104. The molecule has 1 rings (SSSR count). The molecule has 1 aliphatic rings. The molecule has 1 nitrogen and oxygen atoms in total. The van der Waals surface area contributed by atoms with Gasteiger partial charge in [-0.2, -0.15) is 0 Å². The Hall–Kier alpha value is -0.240. The first kappa shape index (κ1) is 8.85. The molecule has 0 spiro atoms. The zero-order valence-corrected chi connectivity index (χ0v) is 7.48. The summed E-state index contributed by atoms with van der Waals surface area (Å²) in [5.41, 5.74) is 0. The average molecular weight is 170 g/mol. The van der Waals surface area contributed by atoms with E-state index in [2.05, 4.69) is 0 Å². The third-order valence-electron chi connectivity index (χ3n) is 1.98. The molecule has 0 saturated heterocycles. The number of rotatable bonds is 3. The van der Waals surface area contributed by atoms with E-state index in [-0.39, 0.29) is 0 Å². The van der Waals surface area contributed by atoms with Crippen molar-refractivity contribution < 1.29 is 4.79 Å². The standard InChI is InChI=1S/C9H14OS/c10-7-4-8-11-9-5-2-1-3-6-9/h4,7-9H,1-3,5-6H2/b8-4+. The highest BCUT2D eigenvalue weighted by atomic mass is 32.2. The maximum atomic E-state index is 9.95. The van der Waals surface area contributed by atoms with Gasteiger partial charge in [0.1, 0.15) is 6.29 Å². The zero-order valence-electron chi connectivity index (χ0n) is 6.66. The van der Waals surface area contributed by atoms with Crippen molar-refractivity contribution >= 4 is 18.0 Å². The fourth-order valence-electron chi connectivity index (χ4n) is 1.39. The number of carbonyl (C=O) groups excluding carboxylic acids is 1. The fourth-order valence-corrected chi connectivity index (χ4v) is 2.37. The fraction of sp³-hybridized carbons (Fsp3) is 0.667. The Morgan fingerprint density at radius 2 is 1.91 bits per heavy atom. The molecule has 0 aromatic rings. The van der Waals surface area contributed by atoms with Crippen LogP contribution >= 0.6 is 11.8 Å². The van der Waals surface area contributed by atoms with Crippen LogP contribution in [0, 0.1) is 0 Å². The van der Waals surface area contributed by atoms with Crippen LogP contribution in [0.3, 0.4) is 0 Å². The molecule has 2 heteroatoms. The molecule has 0 N–H and O–H groups in total. The second kappa shape index (κ2) is 5.42. The van der Waals surface area contributed by atoms with Gasteiger partial charge in [-0.1, -0.05) is 19.3 Å². The number of aldehydes is 1. The van der Waals surface area contributed by atoms with Crippen molar-refractivity contribution in [1.82, 2.24) is 0 Å². The van der Waals surface area contributed by atoms with Crippen molar-refractivity contribution in [2.24, 2.45) is 0 Å². The molecule has 11 heavy (non-hydrogen) atoms. The second-order valence-electron chi connectivity index (χ2n) is 2.86. The molecular weight excluding hydrogens is 156 g/mol. The van der Waals surface area contributed by atoms with Gasteiger partial charge in [0, 0.05) is 5.25 Å². The van der Waals surface area contributed by atoms with Gasteiger partial charge in [0.25, 0.3) is 0 Å². The highest BCUT2D eigenvalue weighted by molar-refractivity contribution is 8.02. The Morgan fingerprint density at radius 1 is 1.18 bits per heavy atom. The molecule has 0 bridgehead atoms. The normalized spacial score (nSPS) is 20.7. The van der Waals surface area contributed by atoms with E-state index in [0.29, 0.717) is 0 Å². The number of hydrogen-bond acceptors (Lipinski definition) is 2. The van der Waals surface area contributed by atoms with E-state index in [0.717, 1.165) is 11.5 Å². The summed E-state index contributed by atoms with van der Waals surface area (Å²) < 4.78 is 0. The topological polar surface area (TPSA) is 17.1 Å². The quantitative estimate of drug-likeness (QED) is 0.478. The average Bonchev–Trinajstić information content (AvgIpc) is 2.07. The summed E-state index contributed by atoms with van der Waals surface area (Å²) in [6.07, 6.45) is 9.21. The first-order valence-electron chi connectivity index (χ1n) is 4.19. The van der Waals surface area contributed by atoms with Gasteiger partial charge in [-0.05, 0) is 24.3 Å². The van der Waals surface area contributed by atoms with Crippen molar-refractivity contribution in [3.8, 4) is 0 Å². The molecule has 0 amide bonds. The Labute approximate surface area is 72.2 Å². The maximum Gasteiger partial charge on any atom is 0.143 e. The van der Waals surface area contributed by atoms with E-state index in [1.165, 1.54) is 32.1 Å². The molecule has 1 aliphatic carbocycles. The highest BCUT2D eigenvalue weighted by Crippen LogP contribution is 2.28. The van der Waals surface area contributed by atoms with Crippen molar-refractivity contribution in [2.45, 2.75) is 37.4 Å². The first-order chi connectivity index (χ1) is 5.43. The maximum absolute atomic E-state index is 9.95. The van der Waals surface area contributed by atoms with E-state index in [1.807, 2.05) is 17.2 Å². The van der Waals surface area contributed by atoms with E-state index in [9.17, 15) is 4.79 Å². The van der Waals surface area contributed by atoms with E-state index in [1.54, 1.807) is 6.08 Å². The van der Waals surface area contributed by atoms with Crippen molar-refractivity contribution in [3.05, 3.63) is 11.5 Å². The van der Waals surface area contributed by atoms with Gasteiger partial charge in [0.15, 0.2) is 0 Å². The summed E-state index contributed by atoms with van der Waals surface area (Å²) in [5.74, 6) is 0. The van der Waals surface area contributed by atoms with E-state index < -0.39 is 0 Å². The molecule has 1 saturated carbocycles. The van der Waals surface area contributed by atoms with E-state index >= 15 is 0 Å². The minimum atomic E-state index is 0.778. The van der Waals surface area contributed by atoms with Crippen LogP contribution in [0.1, 0.15) is 32.1 Å². The first-order valence-corrected chi connectivity index (χ1v) is 5.13. The molecule has 0 aromatic heterocycles. The summed E-state index contributed by atoms with van der Waals surface area (Å²) >= 11 is 1.81. The molecule has 0 atom stereocenters. The Bertz CT molecular complexity index is 136. The highest BCUT2D eigenvalue weighted by Gasteiger charge is 2.11. The summed E-state index contributed by atoms with van der Waals surface area (Å²) in [5, 5.41) is 2.70. The lowest BCUT2D eigenvalue weighted by Crippen LogP contribution is -2.06. The predicted molar refractivity (Wildman–Crippen MR) is 49.7 cm³/mol. The molecule has 0 aliphatic heterocycles. The van der Waals surface area contributed by atoms with Crippen LogP contribution in [0.2, 0.25) is 0 Å². The van der Waals surface area contributed by atoms with Crippen LogP contribution in [0.25, 0.3) is 0 Å². The molecule has 0 unspecified atom stereocenters. The zero-order chi connectivity index (χ0) is 7.94. The minimum Gasteiger partial charge on any atom is -0.299 e. The van der Waals surface area contributed by atoms with Crippen LogP contribution in [0.5, 0.6) is 0 Å². The van der Waals surface area contributed by atoms with Crippen molar-refractivity contribution in [2.75, 3.05) is 0 Å². The van der Waals surface area contributed by atoms with Crippen LogP contribution in [-0.4, -0.2) is 11.5 Å². The minimum absolute atomic E-state index is 0.778. The number of thioether (sulfide) groups is 1. The smallest absolute Gasteiger partial charge is 0.143 e. The van der Waals surface area contributed by atoms with Gasteiger partial charge in [-0.15, -0.1) is 11.8 Å². The Balaban J connectivity index is 2.14. The molecular formula is C9H14OS. The summed E-state index contributed by atoms with van der Waals surface area (Å²) in [6, 6.07) is 0. The molecule has 0 aromatic carbocycles. The van der Waals surface area contributed by atoms with Gasteiger partial charge in [0.2, 0.25) is 0 Å². The van der Waals surface area contributed by atoms with Gasteiger partial charge in [-0.25, -0.2) is 0 Å². The van der Waals surface area contributed by atoms with Crippen LogP contribution in [0.4, 0.5) is 0 Å². The van der Waals surface area contributed by atoms with Crippen molar-refractivity contribution in [3.63, 3.8) is 0 Å². The van der Waals surface area contributed by atoms with Crippen LogP contribution in [0.15, 0.2) is 11.5 Å². The van der Waals surface area contributed by atoms with Gasteiger partial charge in [0.05, 0.1) is 0 Å². The Kier molecular flexibility index (Phi) is 4.36. The van der Waals surface area contributed by atoms with Gasteiger partial charge < -0.3 is 0 Å². The molecule has 0 radical (unpaired) electrons. The number of carbonyl (C=O) groups is 1. The van der Waals surface area contributed by atoms with Crippen LogP contribution < -0.4 is 0 Å². The molecule has 62 valence electrons. The van der Waals surface area contributed by atoms with Crippen LogP contribution in [-0.2, 0) is 4.79 Å². The third kappa shape index (κ3) is 3.61. The number of hydrogen-bond donors (Lipinski definition) is 0. The van der Waals surface area contributed by atoms with Crippen molar-refractivity contribution in [1.29, 1.82) is 0 Å². The monoisotopic (exact) mass is 170 g/mol. The van der Waals surface area contributed by atoms with Gasteiger partial charge >= 0.3 is 0 Å². The predicted octanol–water partition coefficient (Wildman–Crippen LogP) is 2.76.